The predicted molar refractivity (Wildman–Crippen MR) is 98.3 cm³/mol. The van der Waals surface area contributed by atoms with Crippen molar-refractivity contribution < 1.29 is 4.79 Å². The van der Waals surface area contributed by atoms with E-state index in [4.69, 9.17) is 0 Å². The van der Waals surface area contributed by atoms with E-state index in [1.165, 1.54) is 0 Å². The number of aromatic nitrogens is 5. The van der Waals surface area contributed by atoms with Gasteiger partial charge in [-0.2, -0.15) is 5.10 Å². The summed E-state index contributed by atoms with van der Waals surface area (Å²) in [5.41, 5.74) is 2.87. The SMILES string of the molecule is Cc1nn(C(C)C(=O)Nc2ncn(Cc3ccccc3)n2)c(C)c1Br. The molecule has 0 fully saturated rings. The molecule has 1 aromatic carbocycles. The molecule has 1 unspecified atom stereocenters. The minimum atomic E-state index is -0.467. The lowest BCUT2D eigenvalue weighted by atomic mass is 10.2. The van der Waals surface area contributed by atoms with E-state index in [-0.39, 0.29) is 11.9 Å². The van der Waals surface area contributed by atoms with Crippen LogP contribution in [0.1, 0.15) is 29.9 Å². The molecule has 0 aliphatic carbocycles. The van der Waals surface area contributed by atoms with Gasteiger partial charge in [0.2, 0.25) is 5.95 Å². The molecular formula is C17H19BrN6O. The lowest BCUT2D eigenvalue weighted by Gasteiger charge is -2.13. The molecular weight excluding hydrogens is 384 g/mol. The highest BCUT2D eigenvalue weighted by atomic mass is 79.9. The highest BCUT2D eigenvalue weighted by molar-refractivity contribution is 9.10. The molecule has 2 heterocycles. The summed E-state index contributed by atoms with van der Waals surface area (Å²) in [5.74, 6) is 0.0731. The standard InChI is InChI=1S/C17H19BrN6O/c1-11-15(18)12(2)24(21-11)13(3)16(25)20-17-19-10-23(22-17)9-14-7-5-4-6-8-14/h4-8,10,13H,9H2,1-3H3,(H,20,22,25). The fraction of sp³-hybridized carbons (Fsp3) is 0.294. The van der Waals surface area contributed by atoms with E-state index < -0.39 is 6.04 Å². The monoisotopic (exact) mass is 402 g/mol. The second kappa shape index (κ2) is 7.18. The summed E-state index contributed by atoms with van der Waals surface area (Å²) >= 11 is 3.48. The number of halogens is 1. The molecule has 1 amide bonds. The minimum absolute atomic E-state index is 0.212. The predicted octanol–water partition coefficient (Wildman–Crippen LogP) is 3.10. The van der Waals surface area contributed by atoms with Crippen molar-refractivity contribution >= 4 is 27.8 Å². The van der Waals surface area contributed by atoms with Crippen molar-refractivity contribution in [2.24, 2.45) is 0 Å². The van der Waals surface area contributed by atoms with E-state index in [1.54, 1.807) is 22.6 Å². The molecule has 7 nitrogen and oxygen atoms in total. The molecule has 25 heavy (non-hydrogen) atoms. The molecule has 1 atom stereocenters. The number of hydrogen-bond acceptors (Lipinski definition) is 4. The first-order chi connectivity index (χ1) is 12.0. The average molecular weight is 403 g/mol. The smallest absolute Gasteiger partial charge is 0.251 e. The largest absolute Gasteiger partial charge is 0.291 e. The van der Waals surface area contributed by atoms with Crippen LogP contribution < -0.4 is 5.32 Å². The Kier molecular flexibility index (Phi) is 4.98. The van der Waals surface area contributed by atoms with Crippen LogP contribution in [-0.2, 0) is 11.3 Å². The summed E-state index contributed by atoms with van der Waals surface area (Å²) in [7, 11) is 0. The summed E-state index contributed by atoms with van der Waals surface area (Å²) in [6.07, 6.45) is 1.60. The van der Waals surface area contributed by atoms with Crippen LogP contribution in [0, 0.1) is 13.8 Å². The van der Waals surface area contributed by atoms with Crippen LogP contribution in [0.15, 0.2) is 41.1 Å². The molecule has 3 aromatic rings. The Morgan fingerprint density at radius 3 is 2.60 bits per heavy atom. The fourth-order valence-electron chi connectivity index (χ4n) is 2.54. The zero-order valence-electron chi connectivity index (χ0n) is 14.3. The van der Waals surface area contributed by atoms with Gasteiger partial charge in [0, 0.05) is 0 Å². The molecule has 2 aromatic heterocycles. The van der Waals surface area contributed by atoms with E-state index in [2.05, 4.69) is 36.4 Å². The number of rotatable bonds is 5. The first-order valence-corrected chi connectivity index (χ1v) is 8.70. The number of carbonyl (C=O) groups is 1. The maximum atomic E-state index is 12.5. The second-order valence-electron chi connectivity index (χ2n) is 5.85. The van der Waals surface area contributed by atoms with Gasteiger partial charge in [0.05, 0.1) is 22.4 Å². The number of hydrogen-bond donors (Lipinski definition) is 1. The first kappa shape index (κ1) is 17.3. The van der Waals surface area contributed by atoms with Crippen LogP contribution in [0.2, 0.25) is 0 Å². The Bertz CT molecular complexity index is 886. The molecule has 0 aliphatic rings. The first-order valence-electron chi connectivity index (χ1n) is 7.91. The van der Waals surface area contributed by atoms with Gasteiger partial charge in [-0.25, -0.2) is 9.67 Å². The lowest BCUT2D eigenvalue weighted by molar-refractivity contribution is -0.119. The van der Waals surface area contributed by atoms with Gasteiger partial charge in [0.1, 0.15) is 12.4 Å². The number of anilines is 1. The summed E-state index contributed by atoms with van der Waals surface area (Å²) in [6.45, 7) is 6.21. The van der Waals surface area contributed by atoms with Gasteiger partial charge >= 0.3 is 0 Å². The van der Waals surface area contributed by atoms with Gasteiger partial charge in [-0.1, -0.05) is 30.3 Å². The fourth-order valence-corrected chi connectivity index (χ4v) is 2.81. The number of aryl methyl sites for hydroxylation is 1. The van der Waals surface area contributed by atoms with Crippen molar-refractivity contribution in [3.8, 4) is 0 Å². The topological polar surface area (TPSA) is 77.6 Å². The Balaban J connectivity index is 1.68. The van der Waals surface area contributed by atoms with Crippen molar-refractivity contribution in [1.82, 2.24) is 24.5 Å². The number of benzene rings is 1. The minimum Gasteiger partial charge on any atom is -0.291 e. The summed E-state index contributed by atoms with van der Waals surface area (Å²) in [4.78, 5) is 16.6. The van der Waals surface area contributed by atoms with Crippen molar-refractivity contribution in [3.05, 3.63) is 58.1 Å². The van der Waals surface area contributed by atoms with E-state index in [0.717, 1.165) is 21.4 Å². The highest BCUT2D eigenvalue weighted by Crippen LogP contribution is 2.23. The third-order valence-electron chi connectivity index (χ3n) is 3.94. The Labute approximate surface area is 154 Å². The van der Waals surface area contributed by atoms with Crippen molar-refractivity contribution in [2.75, 3.05) is 5.32 Å². The Morgan fingerprint density at radius 1 is 1.24 bits per heavy atom. The third kappa shape index (κ3) is 3.79. The molecule has 0 radical (unpaired) electrons. The molecule has 0 spiro atoms. The maximum Gasteiger partial charge on any atom is 0.251 e. The van der Waals surface area contributed by atoms with Crippen LogP contribution in [0.3, 0.4) is 0 Å². The molecule has 0 saturated carbocycles. The zero-order chi connectivity index (χ0) is 18.0. The lowest BCUT2D eigenvalue weighted by Crippen LogP contribution is -2.25. The number of nitrogens with zero attached hydrogens (tertiary/aromatic N) is 5. The molecule has 130 valence electrons. The average Bonchev–Trinajstić information content (AvgIpc) is 3.14. The van der Waals surface area contributed by atoms with Gasteiger partial charge in [-0.05, 0) is 42.3 Å². The van der Waals surface area contributed by atoms with Crippen LogP contribution in [-0.4, -0.2) is 30.5 Å². The Morgan fingerprint density at radius 2 is 1.96 bits per heavy atom. The van der Waals surface area contributed by atoms with Crippen LogP contribution in [0.25, 0.3) is 0 Å². The second-order valence-corrected chi connectivity index (χ2v) is 6.64. The van der Waals surface area contributed by atoms with Gasteiger partial charge in [0.25, 0.3) is 5.91 Å². The quantitative estimate of drug-likeness (QED) is 0.710. The van der Waals surface area contributed by atoms with Crippen molar-refractivity contribution in [3.63, 3.8) is 0 Å². The van der Waals surface area contributed by atoms with Gasteiger partial charge < -0.3 is 0 Å². The van der Waals surface area contributed by atoms with Gasteiger partial charge in [0.15, 0.2) is 0 Å². The van der Waals surface area contributed by atoms with Crippen LogP contribution in [0.5, 0.6) is 0 Å². The van der Waals surface area contributed by atoms with E-state index in [9.17, 15) is 4.79 Å². The Hall–Kier alpha value is -2.48. The summed E-state index contributed by atoms with van der Waals surface area (Å²) < 4.78 is 4.29. The van der Waals surface area contributed by atoms with Crippen LogP contribution >= 0.6 is 15.9 Å². The molecule has 8 heteroatoms. The number of amides is 1. The van der Waals surface area contributed by atoms with E-state index in [0.29, 0.717) is 6.54 Å². The molecule has 1 N–H and O–H groups in total. The normalized spacial score (nSPS) is 12.2. The number of nitrogens with one attached hydrogen (secondary N) is 1. The molecule has 0 saturated heterocycles. The van der Waals surface area contributed by atoms with Gasteiger partial charge in [-0.15, -0.1) is 5.10 Å². The highest BCUT2D eigenvalue weighted by Gasteiger charge is 2.21. The molecule has 0 aliphatic heterocycles. The van der Waals surface area contributed by atoms with E-state index in [1.807, 2.05) is 44.2 Å². The maximum absolute atomic E-state index is 12.5. The number of carbonyl (C=O) groups excluding carboxylic acids is 1. The van der Waals surface area contributed by atoms with E-state index >= 15 is 0 Å². The third-order valence-corrected chi connectivity index (χ3v) is 5.09. The van der Waals surface area contributed by atoms with Gasteiger partial charge in [-0.3, -0.25) is 14.8 Å². The summed E-state index contributed by atoms with van der Waals surface area (Å²) in [5, 5.41) is 11.4. The summed E-state index contributed by atoms with van der Waals surface area (Å²) in [6, 6.07) is 9.48. The van der Waals surface area contributed by atoms with Crippen LogP contribution in [0.4, 0.5) is 5.95 Å². The molecule has 0 bridgehead atoms. The molecule has 3 rings (SSSR count). The van der Waals surface area contributed by atoms with Crippen molar-refractivity contribution in [1.29, 1.82) is 0 Å². The van der Waals surface area contributed by atoms with Crippen molar-refractivity contribution in [2.45, 2.75) is 33.4 Å². The zero-order valence-corrected chi connectivity index (χ0v) is 15.9.